The van der Waals surface area contributed by atoms with Gasteiger partial charge in [0.05, 0.1) is 19.3 Å². The molecule has 2 unspecified atom stereocenters. The zero-order valence-electron chi connectivity index (χ0n) is 12.6. The zero-order chi connectivity index (χ0) is 14.1. The fraction of sp³-hybridized carbons (Fsp3) is 0.929. The molecular formula is C14H29ClN2O3. The molecule has 0 aliphatic carbocycles. The van der Waals surface area contributed by atoms with Crippen LogP contribution in [-0.2, 0) is 14.3 Å². The van der Waals surface area contributed by atoms with E-state index in [9.17, 15) is 4.79 Å². The second-order valence-corrected chi connectivity index (χ2v) is 5.59. The minimum Gasteiger partial charge on any atom is -0.378 e. The van der Waals surface area contributed by atoms with Gasteiger partial charge in [-0.15, -0.1) is 12.4 Å². The van der Waals surface area contributed by atoms with Crippen molar-refractivity contribution < 1.29 is 14.3 Å². The van der Waals surface area contributed by atoms with Crippen LogP contribution < -0.4 is 11.1 Å². The molecule has 120 valence electrons. The van der Waals surface area contributed by atoms with Crippen molar-refractivity contribution in [1.29, 1.82) is 0 Å². The first-order chi connectivity index (χ1) is 9.11. The average Bonchev–Trinajstić information content (AvgIpc) is 2.86. The molecule has 0 spiro atoms. The molecular weight excluding hydrogens is 280 g/mol. The topological polar surface area (TPSA) is 73.6 Å². The molecule has 0 bridgehead atoms. The third-order valence-electron chi connectivity index (χ3n) is 3.21. The monoisotopic (exact) mass is 308 g/mol. The van der Waals surface area contributed by atoms with Crippen LogP contribution in [0.5, 0.6) is 0 Å². The summed E-state index contributed by atoms with van der Waals surface area (Å²) in [6.45, 7) is 6.62. The maximum Gasteiger partial charge on any atom is 0.222 e. The molecule has 5 nitrogen and oxygen atoms in total. The Bertz CT molecular complexity index is 259. The normalized spacial score (nSPS) is 19.7. The van der Waals surface area contributed by atoms with Crippen molar-refractivity contribution in [2.75, 3.05) is 26.4 Å². The molecule has 1 rings (SSSR count). The lowest BCUT2D eigenvalue weighted by atomic mass is 10.0. The largest absolute Gasteiger partial charge is 0.378 e. The Morgan fingerprint density at radius 3 is 2.80 bits per heavy atom. The quantitative estimate of drug-likeness (QED) is 0.633. The van der Waals surface area contributed by atoms with Gasteiger partial charge in [0, 0.05) is 25.6 Å². The predicted molar refractivity (Wildman–Crippen MR) is 82.1 cm³/mol. The number of carbonyl (C=O) groups is 1. The maximum absolute atomic E-state index is 11.7. The number of hydrogen-bond donors (Lipinski definition) is 2. The number of nitrogens with one attached hydrogen (secondary N) is 1. The lowest BCUT2D eigenvalue weighted by molar-refractivity contribution is -0.123. The summed E-state index contributed by atoms with van der Waals surface area (Å²) < 4.78 is 10.9. The Morgan fingerprint density at radius 1 is 1.50 bits per heavy atom. The highest BCUT2D eigenvalue weighted by molar-refractivity contribution is 5.85. The van der Waals surface area contributed by atoms with Crippen molar-refractivity contribution in [3.05, 3.63) is 0 Å². The smallest absolute Gasteiger partial charge is 0.222 e. The molecule has 1 saturated heterocycles. The van der Waals surface area contributed by atoms with Crippen LogP contribution in [-0.4, -0.2) is 44.4 Å². The van der Waals surface area contributed by atoms with Crippen molar-refractivity contribution in [3.63, 3.8) is 0 Å². The van der Waals surface area contributed by atoms with Gasteiger partial charge in [0.2, 0.25) is 5.91 Å². The molecule has 1 aliphatic heterocycles. The second-order valence-electron chi connectivity index (χ2n) is 5.59. The highest BCUT2D eigenvalue weighted by atomic mass is 35.5. The number of rotatable bonds is 9. The highest BCUT2D eigenvalue weighted by Crippen LogP contribution is 2.11. The van der Waals surface area contributed by atoms with E-state index in [1.807, 2.05) is 0 Å². The van der Waals surface area contributed by atoms with Gasteiger partial charge in [0.25, 0.3) is 0 Å². The van der Waals surface area contributed by atoms with Crippen LogP contribution in [0.3, 0.4) is 0 Å². The molecule has 2 atom stereocenters. The Balaban J connectivity index is 0.00000361. The second kappa shape index (κ2) is 11.3. The molecule has 1 fully saturated rings. The number of ether oxygens (including phenoxy) is 2. The number of halogens is 1. The number of hydrogen-bond acceptors (Lipinski definition) is 4. The molecule has 1 amide bonds. The molecule has 0 saturated carbocycles. The van der Waals surface area contributed by atoms with Gasteiger partial charge in [0.15, 0.2) is 0 Å². The first kappa shape index (κ1) is 19.6. The Morgan fingerprint density at radius 2 is 2.25 bits per heavy atom. The van der Waals surface area contributed by atoms with Crippen molar-refractivity contribution in [1.82, 2.24) is 5.32 Å². The van der Waals surface area contributed by atoms with Crippen LogP contribution >= 0.6 is 12.4 Å². The van der Waals surface area contributed by atoms with Crippen LogP contribution in [0, 0.1) is 5.92 Å². The van der Waals surface area contributed by atoms with Crippen LogP contribution in [0.25, 0.3) is 0 Å². The van der Waals surface area contributed by atoms with Gasteiger partial charge in [-0.05, 0) is 25.2 Å². The SMILES string of the molecule is CC(C)CC(CN)NC(=O)CCOCC1CCCO1.Cl. The molecule has 20 heavy (non-hydrogen) atoms. The molecule has 0 aromatic heterocycles. The predicted octanol–water partition coefficient (Wildman–Crippen LogP) is 1.48. The van der Waals surface area contributed by atoms with Crippen molar-refractivity contribution in [2.24, 2.45) is 11.7 Å². The summed E-state index contributed by atoms with van der Waals surface area (Å²) in [5, 5.41) is 2.95. The maximum atomic E-state index is 11.7. The van der Waals surface area contributed by atoms with E-state index in [2.05, 4.69) is 19.2 Å². The van der Waals surface area contributed by atoms with Crippen LogP contribution in [0.15, 0.2) is 0 Å². The summed E-state index contributed by atoms with van der Waals surface area (Å²) in [7, 11) is 0. The average molecular weight is 309 g/mol. The Labute approximate surface area is 128 Å². The minimum absolute atomic E-state index is 0. The van der Waals surface area contributed by atoms with E-state index in [0.717, 1.165) is 25.9 Å². The number of nitrogens with two attached hydrogens (primary N) is 1. The molecule has 1 aliphatic rings. The van der Waals surface area contributed by atoms with Crippen LogP contribution in [0.4, 0.5) is 0 Å². The summed E-state index contributed by atoms with van der Waals surface area (Å²) >= 11 is 0. The first-order valence-corrected chi connectivity index (χ1v) is 7.30. The van der Waals surface area contributed by atoms with Crippen LogP contribution in [0.2, 0.25) is 0 Å². The molecule has 3 N–H and O–H groups in total. The van der Waals surface area contributed by atoms with Gasteiger partial charge in [-0.1, -0.05) is 13.8 Å². The molecule has 1 heterocycles. The van der Waals surface area contributed by atoms with E-state index in [4.69, 9.17) is 15.2 Å². The van der Waals surface area contributed by atoms with E-state index >= 15 is 0 Å². The zero-order valence-corrected chi connectivity index (χ0v) is 13.4. The first-order valence-electron chi connectivity index (χ1n) is 7.30. The number of carbonyl (C=O) groups excluding carboxylic acids is 1. The van der Waals surface area contributed by atoms with Gasteiger partial charge in [0.1, 0.15) is 0 Å². The van der Waals surface area contributed by atoms with Gasteiger partial charge in [-0.2, -0.15) is 0 Å². The van der Waals surface area contributed by atoms with E-state index in [-0.39, 0.29) is 30.5 Å². The molecule has 6 heteroatoms. The van der Waals surface area contributed by atoms with E-state index in [1.165, 1.54) is 0 Å². The summed E-state index contributed by atoms with van der Waals surface area (Å²) in [5.41, 5.74) is 5.64. The van der Waals surface area contributed by atoms with Crippen molar-refractivity contribution in [3.8, 4) is 0 Å². The number of amides is 1. The summed E-state index contributed by atoms with van der Waals surface area (Å²) in [5.74, 6) is 0.549. The third-order valence-corrected chi connectivity index (χ3v) is 3.21. The van der Waals surface area contributed by atoms with Crippen molar-refractivity contribution in [2.45, 2.75) is 51.7 Å². The van der Waals surface area contributed by atoms with Gasteiger partial charge < -0.3 is 20.5 Å². The summed E-state index contributed by atoms with van der Waals surface area (Å²) in [6.07, 6.45) is 3.71. The van der Waals surface area contributed by atoms with E-state index in [1.54, 1.807) is 0 Å². The van der Waals surface area contributed by atoms with E-state index < -0.39 is 0 Å². The van der Waals surface area contributed by atoms with Crippen LogP contribution in [0.1, 0.15) is 39.5 Å². The lowest BCUT2D eigenvalue weighted by Crippen LogP contribution is -2.41. The van der Waals surface area contributed by atoms with Gasteiger partial charge >= 0.3 is 0 Å². The molecule has 0 aromatic rings. The van der Waals surface area contributed by atoms with Gasteiger partial charge in [-0.3, -0.25) is 4.79 Å². The summed E-state index contributed by atoms with van der Waals surface area (Å²) in [6, 6.07) is 0.0747. The Kier molecular flexibility index (Phi) is 11.1. The lowest BCUT2D eigenvalue weighted by Gasteiger charge is -2.19. The van der Waals surface area contributed by atoms with Crippen molar-refractivity contribution >= 4 is 18.3 Å². The molecule has 0 aromatic carbocycles. The highest BCUT2D eigenvalue weighted by Gasteiger charge is 2.16. The molecule has 0 radical (unpaired) electrons. The van der Waals surface area contributed by atoms with Gasteiger partial charge in [-0.25, -0.2) is 0 Å². The fourth-order valence-corrected chi connectivity index (χ4v) is 2.24. The Hall–Kier alpha value is -0.360. The third kappa shape index (κ3) is 8.74. The fourth-order valence-electron chi connectivity index (χ4n) is 2.24. The summed E-state index contributed by atoms with van der Waals surface area (Å²) in [4.78, 5) is 11.7. The van der Waals surface area contributed by atoms with E-state index in [0.29, 0.717) is 32.1 Å². The minimum atomic E-state index is 0. The standard InChI is InChI=1S/C14H28N2O3.ClH/c1-11(2)8-12(9-15)16-14(17)5-7-18-10-13-4-3-6-19-13;/h11-13H,3-10,15H2,1-2H3,(H,16,17);1H.